The molecule has 2 aromatic carbocycles. The largest absolute Gasteiger partial charge is 0.487 e. The van der Waals surface area contributed by atoms with Crippen molar-refractivity contribution >= 4 is 23.6 Å². The Morgan fingerprint density at radius 3 is 2.71 bits per heavy atom. The Labute approximate surface area is 138 Å². The van der Waals surface area contributed by atoms with Gasteiger partial charge in [0.1, 0.15) is 0 Å². The van der Waals surface area contributed by atoms with Crippen molar-refractivity contribution in [3.05, 3.63) is 64.2 Å². The second kappa shape index (κ2) is 8.28. The lowest BCUT2D eigenvalue weighted by Crippen LogP contribution is -2.24. The molecule has 0 aliphatic carbocycles. The first kappa shape index (κ1) is 16.9. The van der Waals surface area contributed by atoms with Crippen LogP contribution in [0.2, 0.25) is 0 Å². The molecule has 0 aliphatic heterocycles. The monoisotopic (exact) mass is 328 g/mol. The first-order chi connectivity index (χ1) is 11.6. The van der Waals surface area contributed by atoms with E-state index >= 15 is 0 Å². The van der Waals surface area contributed by atoms with E-state index in [4.69, 9.17) is 4.74 Å². The van der Waals surface area contributed by atoms with E-state index in [1.807, 2.05) is 6.07 Å². The summed E-state index contributed by atoms with van der Waals surface area (Å²) in [6.07, 6.45) is 1.31. The van der Waals surface area contributed by atoms with Crippen molar-refractivity contribution in [2.24, 2.45) is 5.10 Å². The third-order valence-corrected chi connectivity index (χ3v) is 2.89. The summed E-state index contributed by atoms with van der Waals surface area (Å²) in [7, 11) is 0. The Balaban J connectivity index is 2.00. The highest BCUT2D eigenvalue weighted by atomic mass is 16.6. The highest BCUT2D eigenvalue weighted by Crippen LogP contribution is 2.27. The molecule has 8 heteroatoms. The second-order valence-corrected chi connectivity index (χ2v) is 4.61. The van der Waals surface area contributed by atoms with Crippen LogP contribution in [-0.2, 0) is 0 Å². The fourth-order valence-corrected chi connectivity index (χ4v) is 1.88. The molecule has 0 aromatic heterocycles. The van der Waals surface area contributed by atoms with Crippen molar-refractivity contribution in [1.29, 1.82) is 0 Å². The maximum absolute atomic E-state index is 11.7. The van der Waals surface area contributed by atoms with Gasteiger partial charge >= 0.3 is 11.7 Å². The predicted molar refractivity (Wildman–Crippen MR) is 90.5 cm³/mol. The van der Waals surface area contributed by atoms with Gasteiger partial charge in [-0.3, -0.25) is 10.1 Å². The van der Waals surface area contributed by atoms with Gasteiger partial charge in [-0.15, -0.1) is 0 Å². The van der Waals surface area contributed by atoms with Gasteiger partial charge in [-0.25, -0.2) is 10.2 Å². The van der Waals surface area contributed by atoms with E-state index in [1.165, 1.54) is 18.3 Å². The molecule has 0 radical (unpaired) electrons. The van der Waals surface area contributed by atoms with Crippen LogP contribution in [0, 0.1) is 10.1 Å². The number of nitrogens with zero attached hydrogens (tertiary/aromatic N) is 2. The number of carbonyl (C=O) groups excluding carboxylic acids is 1. The van der Waals surface area contributed by atoms with Crippen molar-refractivity contribution in [2.75, 3.05) is 11.9 Å². The number of hydrogen-bond donors (Lipinski definition) is 2. The molecule has 0 saturated heterocycles. The van der Waals surface area contributed by atoms with Gasteiger partial charge in [0.05, 0.1) is 17.7 Å². The van der Waals surface area contributed by atoms with Crippen molar-refractivity contribution in [3.63, 3.8) is 0 Å². The van der Waals surface area contributed by atoms with Crippen molar-refractivity contribution in [2.45, 2.75) is 6.92 Å². The average Bonchev–Trinajstić information content (AvgIpc) is 2.57. The van der Waals surface area contributed by atoms with Crippen LogP contribution in [0.4, 0.5) is 16.2 Å². The maximum Gasteiger partial charge on any atom is 0.339 e. The van der Waals surface area contributed by atoms with Gasteiger partial charge in [-0.2, -0.15) is 5.10 Å². The minimum atomic E-state index is -0.530. The van der Waals surface area contributed by atoms with E-state index < -0.39 is 11.0 Å². The molecule has 2 amide bonds. The summed E-state index contributed by atoms with van der Waals surface area (Å²) in [5.74, 6) is 0.189. The summed E-state index contributed by atoms with van der Waals surface area (Å²) in [5.41, 5.74) is 3.22. The van der Waals surface area contributed by atoms with Crippen LogP contribution in [-0.4, -0.2) is 23.8 Å². The third kappa shape index (κ3) is 4.80. The van der Waals surface area contributed by atoms with Gasteiger partial charge in [0.15, 0.2) is 5.75 Å². The van der Waals surface area contributed by atoms with Crippen LogP contribution in [0.3, 0.4) is 0 Å². The standard InChI is InChI=1S/C16H16N4O4/c1-2-24-15-9-8-12(10-14(15)20(22)23)11-17-19-16(21)18-13-6-4-3-5-7-13/h3-11H,2H2,1H3,(H2,18,19,21)/b17-11+. The Morgan fingerprint density at radius 1 is 1.29 bits per heavy atom. The van der Waals surface area contributed by atoms with E-state index in [1.54, 1.807) is 37.3 Å². The smallest absolute Gasteiger partial charge is 0.339 e. The van der Waals surface area contributed by atoms with E-state index in [2.05, 4.69) is 15.8 Å². The molecule has 2 rings (SSSR count). The summed E-state index contributed by atoms with van der Waals surface area (Å²) < 4.78 is 5.20. The van der Waals surface area contributed by atoms with Crippen molar-refractivity contribution < 1.29 is 14.5 Å². The number of benzene rings is 2. The quantitative estimate of drug-likeness (QED) is 0.482. The molecular formula is C16H16N4O4. The number of hydrogen-bond acceptors (Lipinski definition) is 5. The molecule has 124 valence electrons. The molecule has 2 aromatic rings. The lowest BCUT2D eigenvalue weighted by Gasteiger charge is -2.05. The van der Waals surface area contributed by atoms with E-state index in [0.29, 0.717) is 17.9 Å². The lowest BCUT2D eigenvalue weighted by atomic mass is 10.2. The number of ether oxygens (including phenoxy) is 1. The van der Waals surface area contributed by atoms with Crippen LogP contribution in [0.15, 0.2) is 53.6 Å². The summed E-state index contributed by atoms with van der Waals surface area (Å²) in [6.45, 7) is 2.07. The number of nitro benzene ring substituents is 1. The number of anilines is 1. The summed E-state index contributed by atoms with van der Waals surface area (Å²) in [5, 5.41) is 17.4. The lowest BCUT2D eigenvalue weighted by molar-refractivity contribution is -0.385. The number of urea groups is 1. The van der Waals surface area contributed by atoms with E-state index in [9.17, 15) is 14.9 Å². The summed E-state index contributed by atoms with van der Waals surface area (Å²) in [4.78, 5) is 22.2. The first-order valence-electron chi connectivity index (χ1n) is 7.16. The highest BCUT2D eigenvalue weighted by molar-refractivity contribution is 5.90. The van der Waals surface area contributed by atoms with Gasteiger partial charge in [-0.05, 0) is 31.2 Å². The molecule has 0 unspecified atom stereocenters. The van der Waals surface area contributed by atoms with Gasteiger partial charge in [0.2, 0.25) is 0 Å². The van der Waals surface area contributed by atoms with E-state index in [0.717, 1.165) is 0 Å². The number of rotatable bonds is 6. The van der Waals surface area contributed by atoms with Gasteiger partial charge in [-0.1, -0.05) is 18.2 Å². The first-order valence-corrected chi connectivity index (χ1v) is 7.16. The number of amides is 2. The minimum absolute atomic E-state index is 0.158. The number of nitrogens with one attached hydrogen (secondary N) is 2. The topological polar surface area (TPSA) is 106 Å². The number of para-hydroxylation sites is 1. The van der Waals surface area contributed by atoms with Gasteiger partial charge < -0.3 is 10.1 Å². The molecule has 24 heavy (non-hydrogen) atoms. The summed E-state index contributed by atoms with van der Waals surface area (Å²) in [6, 6.07) is 12.8. The fourth-order valence-electron chi connectivity index (χ4n) is 1.88. The Bertz CT molecular complexity index is 747. The molecule has 0 spiro atoms. The molecule has 0 bridgehead atoms. The van der Waals surface area contributed by atoms with Crippen LogP contribution < -0.4 is 15.5 Å². The average molecular weight is 328 g/mol. The zero-order valence-electron chi connectivity index (χ0n) is 12.9. The number of hydrazone groups is 1. The molecule has 0 heterocycles. The second-order valence-electron chi connectivity index (χ2n) is 4.61. The SMILES string of the molecule is CCOc1ccc(/C=N/NC(=O)Nc2ccccc2)cc1[N+](=O)[O-]. The third-order valence-electron chi connectivity index (χ3n) is 2.89. The van der Waals surface area contributed by atoms with Crippen LogP contribution in [0.25, 0.3) is 0 Å². The molecule has 2 N–H and O–H groups in total. The molecular weight excluding hydrogens is 312 g/mol. The minimum Gasteiger partial charge on any atom is -0.487 e. The van der Waals surface area contributed by atoms with Crippen molar-refractivity contribution in [1.82, 2.24) is 5.43 Å². The maximum atomic E-state index is 11.7. The van der Waals surface area contributed by atoms with Crippen LogP contribution >= 0.6 is 0 Å². The van der Waals surface area contributed by atoms with Gasteiger partial charge in [0.25, 0.3) is 0 Å². The predicted octanol–water partition coefficient (Wildman–Crippen LogP) is 3.15. The molecule has 0 fully saturated rings. The Hall–Kier alpha value is -3.42. The molecule has 0 aliphatic rings. The molecule has 0 saturated carbocycles. The molecule has 0 atom stereocenters. The van der Waals surface area contributed by atoms with Gasteiger partial charge in [0, 0.05) is 17.3 Å². The molecule has 8 nitrogen and oxygen atoms in total. The highest BCUT2D eigenvalue weighted by Gasteiger charge is 2.15. The Morgan fingerprint density at radius 2 is 2.04 bits per heavy atom. The number of carbonyl (C=O) groups is 1. The van der Waals surface area contributed by atoms with Crippen LogP contribution in [0.1, 0.15) is 12.5 Å². The fraction of sp³-hybridized carbons (Fsp3) is 0.125. The normalized spacial score (nSPS) is 10.4. The van der Waals surface area contributed by atoms with E-state index in [-0.39, 0.29) is 11.4 Å². The van der Waals surface area contributed by atoms with Crippen LogP contribution in [0.5, 0.6) is 5.75 Å². The van der Waals surface area contributed by atoms with Crippen molar-refractivity contribution in [3.8, 4) is 5.75 Å². The number of nitro groups is 1. The zero-order valence-corrected chi connectivity index (χ0v) is 12.9. The summed E-state index contributed by atoms with van der Waals surface area (Å²) >= 11 is 0. The Kier molecular flexibility index (Phi) is 5.84. The zero-order chi connectivity index (χ0) is 17.4.